The van der Waals surface area contributed by atoms with Crippen molar-refractivity contribution in [3.8, 4) is 0 Å². The zero-order chi connectivity index (χ0) is 16.8. The molecule has 0 saturated heterocycles. The quantitative estimate of drug-likeness (QED) is 0.781. The summed E-state index contributed by atoms with van der Waals surface area (Å²) in [4.78, 5) is 4.74. The molecule has 1 N–H and O–H groups in total. The molecule has 1 aromatic carbocycles. The van der Waals surface area contributed by atoms with E-state index in [0.717, 1.165) is 5.01 Å². The van der Waals surface area contributed by atoms with Gasteiger partial charge in [-0.15, -0.1) is 0 Å². The standard InChI is InChI=1S/C14H15FN4O2S2/c1-4-12-17-19-13(9(3)16-14(19)22-12)23(20,21)18-11-6-5-8(2)7-10(11)15/h5-7,18H,4H2,1-3H3. The lowest BCUT2D eigenvalue weighted by molar-refractivity contribution is 0.590. The molecule has 0 unspecified atom stereocenters. The first-order valence-electron chi connectivity index (χ1n) is 6.96. The summed E-state index contributed by atoms with van der Waals surface area (Å²) < 4.78 is 42.8. The van der Waals surface area contributed by atoms with Gasteiger partial charge in [-0.05, 0) is 38.0 Å². The summed E-state index contributed by atoms with van der Waals surface area (Å²) in [6.45, 7) is 5.25. The maximum absolute atomic E-state index is 13.9. The Morgan fingerprint density at radius 2 is 2.09 bits per heavy atom. The number of rotatable bonds is 4. The van der Waals surface area contributed by atoms with Gasteiger partial charge in [0.1, 0.15) is 10.8 Å². The van der Waals surface area contributed by atoms with E-state index < -0.39 is 15.8 Å². The van der Waals surface area contributed by atoms with E-state index >= 15 is 0 Å². The predicted molar refractivity (Wildman–Crippen MR) is 86.9 cm³/mol. The number of imidazole rings is 1. The molecule has 0 radical (unpaired) electrons. The van der Waals surface area contributed by atoms with Gasteiger partial charge in [0.05, 0.1) is 11.4 Å². The average Bonchev–Trinajstić information content (AvgIpc) is 2.97. The monoisotopic (exact) mass is 354 g/mol. The minimum atomic E-state index is -4.00. The second-order valence-corrected chi connectivity index (χ2v) is 7.77. The van der Waals surface area contributed by atoms with Gasteiger partial charge in [0, 0.05) is 0 Å². The number of aromatic nitrogens is 3. The van der Waals surface area contributed by atoms with Gasteiger partial charge < -0.3 is 0 Å². The number of nitrogens with one attached hydrogen (secondary N) is 1. The first-order chi connectivity index (χ1) is 10.8. The molecule has 0 fully saturated rings. The molecule has 0 aliphatic heterocycles. The van der Waals surface area contributed by atoms with Gasteiger partial charge in [-0.3, -0.25) is 4.72 Å². The lowest BCUT2D eigenvalue weighted by atomic mass is 10.2. The Balaban J connectivity index is 2.08. The van der Waals surface area contributed by atoms with E-state index in [1.165, 1.54) is 28.0 Å². The SMILES string of the molecule is CCc1nn2c(S(=O)(=O)Nc3ccc(C)cc3F)c(C)nc2s1. The highest BCUT2D eigenvalue weighted by Gasteiger charge is 2.26. The molecule has 23 heavy (non-hydrogen) atoms. The molecule has 6 nitrogen and oxygen atoms in total. The lowest BCUT2D eigenvalue weighted by Crippen LogP contribution is -2.17. The molecule has 0 atom stereocenters. The third-order valence-corrected chi connectivity index (χ3v) is 5.81. The van der Waals surface area contributed by atoms with E-state index in [4.69, 9.17) is 0 Å². The second-order valence-electron chi connectivity index (χ2n) is 5.13. The normalized spacial score (nSPS) is 12.0. The number of nitrogens with zero attached hydrogens (tertiary/aromatic N) is 3. The fraction of sp³-hybridized carbons (Fsp3) is 0.286. The average molecular weight is 354 g/mol. The molecule has 2 aromatic heterocycles. The van der Waals surface area contributed by atoms with Crippen molar-refractivity contribution in [3.05, 3.63) is 40.3 Å². The van der Waals surface area contributed by atoms with Crippen LogP contribution in [0.25, 0.3) is 4.96 Å². The smallest absolute Gasteiger partial charge is 0.275 e. The predicted octanol–water partition coefficient (Wildman–Crippen LogP) is 2.91. The van der Waals surface area contributed by atoms with Crippen molar-refractivity contribution in [2.24, 2.45) is 0 Å². The molecule has 122 valence electrons. The van der Waals surface area contributed by atoms with Crippen molar-refractivity contribution in [1.29, 1.82) is 0 Å². The summed E-state index contributed by atoms with van der Waals surface area (Å²) in [6.07, 6.45) is 0.687. The van der Waals surface area contributed by atoms with Gasteiger partial charge in [-0.2, -0.15) is 18.0 Å². The summed E-state index contributed by atoms with van der Waals surface area (Å²) in [6, 6.07) is 4.31. The van der Waals surface area contributed by atoms with Crippen LogP contribution in [0.1, 0.15) is 23.2 Å². The van der Waals surface area contributed by atoms with Gasteiger partial charge in [0.2, 0.25) is 9.99 Å². The zero-order valence-electron chi connectivity index (χ0n) is 12.8. The number of halogens is 1. The van der Waals surface area contributed by atoms with Crippen molar-refractivity contribution < 1.29 is 12.8 Å². The Kier molecular flexibility index (Phi) is 3.85. The van der Waals surface area contributed by atoms with Gasteiger partial charge in [-0.25, -0.2) is 9.37 Å². The van der Waals surface area contributed by atoms with Crippen LogP contribution in [0.2, 0.25) is 0 Å². The second kappa shape index (κ2) is 5.57. The van der Waals surface area contributed by atoms with E-state index in [1.54, 1.807) is 19.9 Å². The Hall–Kier alpha value is -2.00. The Labute approximate surface area is 137 Å². The van der Waals surface area contributed by atoms with Crippen LogP contribution in [0.4, 0.5) is 10.1 Å². The van der Waals surface area contributed by atoms with Crippen LogP contribution in [0, 0.1) is 19.7 Å². The highest BCUT2D eigenvalue weighted by atomic mass is 32.2. The van der Waals surface area contributed by atoms with E-state index in [1.807, 2.05) is 6.92 Å². The molecule has 0 aliphatic carbocycles. The minimum Gasteiger partial charge on any atom is -0.275 e. The van der Waals surface area contributed by atoms with E-state index in [-0.39, 0.29) is 10.7 Å². The first-order valence-corrected chi connectivity index (χ1v) is 9.26. The lowest BCUT2D eigenvalue weighted by Gasteiger charge is -2.09. The number of sulfonamides is 1. The third kappa shape index (κ3) is 2.81. The molecule has 9 heteroatoms. The largest absolute Gasteiger partial charge is 0.281 e. The van der Waals surface area contributed by atoms with Crippen LogP contribution in [0.15, 0.2) is 23.2 Å². The number of hydrogen-bond acceptors (Lipinski definition) is 5. The Bertz CT molecular complexity index is 992. The van der Waals surface area contributed by atoms with Gasteiger partial charge in [0.25, 0.3) is 10.0 Å². The van der Waals surface area contributed by atoms with Crippen molar-refractivity contribution >= 4 is 32.0 Å². The first kappa shape index (κ1) is 15.9. The molecule has 3 aromatic rings. The fourth-order valence-electron chi connectivity index (χ4n) is 2.22. The van der Waals surface area contributed by atoms with Gasteiger partial charge in [-0.1, -0.05) is 24.3 Å². The van der Waals surface area contributed by atoms with Crippen LogP contribution < -0.4 is 4.72 Å². The van der Waals surface area contributed by atoms with E-state index in [0.29, 0.717) is 22.6 Å². The number of aryl methyl sites for hydroxylation is 3. The van der Waals surface area contributed by atoms with Crippen molar-refractivity contribution in [1.82, 2.24) is 14.6 Å². The molecule has 0 spiro atoms. The maximum atomic E-state index is 13.9. The van der Waals surface area contributed by atoms with Crippen LogP contribution in [-0.4, -0.2) is 23.0 Å². The summed E-state index contributed by atoms with van der Waals surface area (Å²) in [5.74, 6) is -0.625. The van der Waals surface area contributed by atoms with Crippen LogP contribution in [0.5, 0.6) is 0 Å². The maximum Gasteiger partial charge on any atom is 0.281 e. The van der Waals surface area contributed by atoms with Crippen molar-refractivity contribution in [2.45, 2.75) is 32.2 Å². The third-order valence-electron chi connectivity index (χ3n) is 3.29. The molecule has 2 heterocycles. The topological polar surface area (TPSA) is 76.4 Å². The van der Waals surface area contributed by atoms with Crippen LogP contribution in [0.3, 0.4) is 0 Å². The summed E-state index contributed by atoms with van der Waals surface area (Å²) in [5.41, 5.74) is 0.933. The van der Waals surface area contributed by atoms with E-state index in [2.05, 4.69) is 14.8 Å². The van der Waals surface area contributed by atoms with E-state index in [9.17, 15) is 12.8 Å². The molecule has 0 saturated carbocycles. The highest BCUT2D eigenvalue weighted by molar-refractivity contribution is 7.92. The van der Waals surface area contributed by atoms with Crippen molar-refractivity contribution in [3.63, 3.8) is 0 Å². The molecule has 0 bridgehead atoms. The zero-order valence-corrected chi connectivity index (χ0v) is 14.4. The fourth-order valence-corrected chi connectivity index (χ4v) is 4.50. The van der Waals surface area contributed by atoms with Crippen molar-refractivity contribution in [2.75, 3.05) is 4.72 Å². The summed E-state index contributed by atoms with van der Waals surface area (Å²) in [7, 11) is -4.00. The Morgan fingerprint density at radius 1 is 1.35 bits per heavy atom. The molecular formula is C14H15FN4O2S2. The molecule has 0 aliphatic rings. The van der Waals surface area contributed by atoms with Gasteiger partial charge in [0.15, 0.2) is 0 Å². The Morgan fingerprint density at radius 3 is 2.74 bits per heavy atom. The molecular weight excluding hydrogens is 339 g/mol. The minimum absolute atomic E-state index is 0.0663. The molecule has 3 rings (SSSR count). The number of benzene rings is 1. The van der Waals surface area contributed by atoms with Crippen LogP contribution >= 0.6 is 11.3 Å². The summed E-state index contributed by atoms with van der Waals surface area (Å²) in [5, 5.41) is 4.97. The molecule has 0 amide bonds. The number of anilines is 1. The summed E-state index contributed by atoms with van der Waals surface area (Å²) >= 11 is 1.33. The van der Waals surface area contributed by atoms with Crippen LogP contribution in [-0.2, 0) is 16.4 Å². The van der Waals surface area contributed by atoms with Gasteiger partial charge >= 0.3 is 0 Å². The number of fused-ring (bicyclic) bond motifs is 1. The number of hydrogen-bond donors (Lipinski definition) is 1. The highest BCUT2D eigenvalue weighted by Crippen LogP contribution is 2.25.